The number of rotatable bonds is 3. The van der Waals surface area contributed by atoms with Crippen molar-refractivity contribution in [3.05, 3.63) is 84.6 Å². The van der Waals surface area contributed by atoms with E-state index in [9.17, 15) is 9.90 Å². The van der Waals surface area contributed by atoms with Gasteiger partial charge in [-0.3, -0.25) is 5.10 Å². The van der Waals surface area contributed by atoms with Crippen LogP contribution in [0.3, 0.4) is 0 Å². The standard InChI is InChI=1S/C23H15N3O2/c27-23(28)17-12-20(18-13-24-26-22(18)15-7-2-1-3-8-15)25-19-11-10-14-6-4-5-9-16(14)21(17)19/h1-13H,(H,24,26)(H,27,28)/p-1. The number of carbonyl (C=O) groups is 1. The highest BCUT2D eigenvalue weighted by molar-refractivity contribution is 6.15. The van der Waals surface area contributed by atoms with Gasteiger partial charge in [-0.15, -0.1) is 0 Å². The maximum absolute atomic E-state index is 12.0. The largest absolute Gasteiger partial charge is 0.545 e. The lowest BCUT2D eigenvalue weighted by Crippen LogP contribution is -2.23. The van der Waals surface area contributed by atoms with Crippen LogP contribution in [0, 0.1) is 0 Å². The first-order valence-corrected chi connectivity index (χ1v) is 8.85. The Kier molecular flexibility index (Phi) is 3.66. The Labute approximate surface area is 160 Å². The fourth-order valence-electron chi connectivity index (χ4n) is 3.61. The summed E-state index contributed by atoms with van der Waals surface area (Å²) in [5.74, 6) is -1.23. The summed E-state index contributed by atoms with van der Waals surface area (Å²) in [5, 5.41) is 21.5. The summed E-state index contributed by atoms with van der Waals surface area (Å²) in [5.41, 5.74) is 3.74. The number of H-pyrrole nitrogens is 1. The molecule has 5 aromatic rings. The van der Waals surface area contributed by atoms with Crippen molar-refractivity contribution in [2.45, 2.75) is 0 Å². The van der Waals surface area contributed by atoms with Crippen LogP contribution in [0.4, 0.5) is 0 Å². The highest BCUT2D eigenvalue weighted by Gasteiger charge is 2.15. The lowest BCUT2D eigenvalue weighted by atomic mass is 9.98. The van der Waals surface area contributed by atoms with Gasteiger partial charge < -0.3 is 9.90 Å². The van der Waals surface area contributed by atoms with Crippen molar-refractivity contribution in [3.8, 4) is 22.5 Å². The molecule has 0 aliphatic carbocycles. The van der Waals surface area contributed by atoms with Crippen LogP contribution in [0.25, 0.3) is 44.2 Å². The molecule has 0 saturated heterocycles. The summed E-state index contributed by atoms with van der Waals surface area (Å²) in [6.07, 6.45) is 1.66. The molecule has 3 aromatic carbocycles. The molecular formula is C23H14N3O2-. The Balaban J connectivity index is 1.81. The fraction of sp³-hybridized carbons (Fsp3) is 0. The first-order valence-electron chi connectivity index (χ1n) is 8.85. The number of nitrogens with one attached hydrogen (secondary N) is 1. The molecule has 0 aliphatic rings. The maximum atomic E-state index is 12.0. The highest BCUT2D eigenvalue weighted by atomic mass is 16.4. The first-order chi connectivity index (χ1) is 13.7. The summed E-state index contributed by atoms with van der Waals surface area (Å²) in [6, 6.07) is 22.8. The number of benzene rings is 3. The number of fused-ring (bicyclic) bond motifs is 3. The molecule has 5 heteroatoms. The monoisotopic (exact) mass is 364 g/mol. The molecular weight excluding hydrogens is 350 g/mol. The van der Waals surface area contributed by atoms with E-state index in [0.29, 0.717) is 16.6 Å². The highest BCUT2D eigenvalue weighted by Crippen LogP contribution is 2.33. The number of nitrogens with zero attached hydrogens (tertiary/aromatic N) is 2. The number of pyridine rings is 1. The molecule has 0 radical (unpaired) electrons. The maximum Gasteiger partial charge on any atom is 0.0754 e. The van der Waals surface area contributed by atoms with Crippen molar-refractivity contribution < 1.29 is 9.90 Å². The van der Waals surface area contributed by atoms with Gasteiger partial charge >= 0.3 is 0 Å². The van der Waals surface area contributed by atoms with Crippen molar-refractivity contribution in [2.75, 3.05) is 0 Å². The van der Waals surface area contributed by atoms with E-state index in [-0.39, 0.29) is 5.56 Å². The Hall–Kier alpha value is -3.99. The van der Waals surface area contributed by atoms with E-state index < -0.39 is 5.97 Å². The summed E-state index contributed by atoms with van der Waals surface area (Å²) in [7, 11) is 0. The van der Waals surface area contributed by atoms with Crippen LogP contribution in [0.15, 0.2) is 79.0 Å². The third-order valence-electron chi connectivity index (χ3n) is 4.90. The topological polar surface area (TPSA) is 81.7 Å². The van der Waals surface area contributed by atoms with E-state index in [0.717, 1.165) is 27.6 Å². The minimum Gasteiger partial charge on any atom is -0.545 e. The Morgan fingerprint density at radius 3 is 2.54 bits per heavy atom. The van der Waals surface area contributed by atoms with Crippen LogP contribution in [0.1, 0.15) is 10.4 Å². The van der Waals surface area contributed by atoms with E-state index >= 15 is 0 Å². The van der Waals surface area contributed by atoms with Crippen molar-refractivity contribution in [1.82, 2.24) is 15.2 Å². The van der Waals surface area contributed by atoms with Gasteiger partial charge in [-0.1, -0.05) is 60.7 Å². The van der Waals surface area contributed by atoms with E-state index in [4.69, 9.17) is 4.98 Å². The van der Waals surface area contributed by atoms with Crippen molar-refractivity contribution in [2.24, 2.45) is 0 Å². The average Bonchev–Trinajstić information content (AvgIpc) is 3.23. The van der Waals surface area contributed by atoms with E-state index in [1.54, 1.807) is 12.3 Å². The zero-order valence-corrected chi connectivity index (χ0v) is 14.7. The zero-order valence-electron chi connectivity index (χ0n) is 14.7. The molecule has 2 aromatic heterocycles. The van der Waals surface area contributed by atoms with Crippen molar-refractivity contribution in [3.63, 3.8) is 0 Å². The minimum atomic E-state index is -1.23. The second kappa shape index (κ2) is 6.32. The predicted molar refractivity (Wildman–Crippen MR) is 107 cm³/mol. The van der Waals surface area contributed by atoms with Gasteiger partial charge in [0.1, 0.15) is 0 Å². The molecule has 134 valence electrons. The lowest BCUT2D eigenvalue weighted by Gasteiger charge is -2.13. The molecule has 5 nitrogen and oxygen atoms in total. The number of carboxylic acids is 1. The van der Waals surface area contributed by atoms with Gasteiger partial charge in [0.25, 0.3) is 0 Å². The molecule has 0 fully saturated rings. The Bertz CT molecular complexity index is 1340. The first kappa shape index (κ1) is 16.2. The summed E-state index contributed by atoms with van der Waals surface area (Å²) in [6.45, 7) is 0. The van der Waals surface area contributed by atoms with Gasteiger partial charge in [0.15, 0.2) is 0 Å². The number of aromatic nitrogens is 3. The average molecular weight is 364 g/mol. The summed E-state index contributed by atoms with van der Waals surface area (Å²) >= 11 is 0. The van der Waals surface area contributed by atoms with Gasteiger partial charge in [0.05, 0.1) is 29.1 Å². The van der Waals surface area contributed by atoms with E-state index in [2.05, 4.69) is 10.2 Å². The normalized spacial score (nSPS) is 11.1. The van der Waals surface area contributed by atoms with Crippen LogP contribution < -0.4 is 5.11 Å². The van der Waals surface area contributed by atoms with E-state index in [1.165, 1.54) is 0 Å². The third-order valence-corrected chi connectivity index (χ3v) is 4.90. The molecule has 0 bridgehead atoms. The minimum absolute atomic E-state index is 0.122. The summed E-state index contributed by atoms with van der Waals surface area (Å²) in [4.78, 5) is 16.7. The molecule has 1 N–H and O–H groups in total. The molecule has 28 heavy (non-hydrogen) atoms. The third kappa shape index (κ3) is 2.53. The molecule has 0 aliphatic heterocycles. The van der Waals surface area contributed by atoms with Crippen LogP contribution in [-0.4, -0.2) is 21.2 Å². The molecule has 0 atom stereocenters. The van der Waals surface area contributed by atoms with Gasteiger partial charge in [-0.25, -0.2) is 4.98 Å². The Morgan fingerprint density at radius 1 is 0.929 bits per heavy atom. The fourth-order valence-corrected chi connectivity index (χ4v) is 3.61. The van der Waals surface area contributed by atoms with Crippen LogP contribution in [-0.2, 0) is 0 Å². The summed E-state index contributed by atoms with van der Waals surface area (Å²) < 4.78 is 0. The predicted octanol–water partition coefficient (Wildman–Crippen LogP) is 3.81. The molecule has 0 saturated carbocycles. The van der Waals surface area contributed by atoms with Crippen molar-refractivity contribution in [1.29, 1.82) is 0 Å². The Morgan fingerprint density at radius 2 is 1.71 bits per heavy atom. The van der Waals surface area contributed by atoms with Crippen LogP contribution in [0.5, 0.6) is 0 Å². The van der Waals surface area contributed by atoms with Crippen molar-refractivity contribution >= 4 is 27.6 Å². The number of carbonyl (C=O) groups excluding carboxylic acids is 1. The van der Waals surface area contributed by atoms with Gasteiger partial charge in [0.2, 0.25) is 0 Å². The van der Waals surface area contributed by atoms with Crippen LogP contribution >= 0.6 is 0 Å². The van der Waals surface area contributed by atoms with Gasteiger partial charge in [-0.05, 0) is 22.9 Å². The number of hydrogen-bond donors (Lipinski definition) is 1. The number of aromatic amines is 1. The molecule has 0 spiro atoms. The molecule has 5 rings (SSSR count). The second-order valence-corrected chi connectivity index (χ2v) is 6.55. The molecule has 2 heterocycles. The smallest absolute Gasteiger partial charge is 0.0754 e. The number of hydrogen-bond acceptors (Lipinski definition) is 4. The second-order valence-electron chi connectivity index (χ2n) is 6.55. The van der Waals surface area contributed by atoms with E-state index in [1.807, 2.05) is 66.7 Å². The van der Waals surface area contributed by atoms with Gasteiger partial charge in [0, 0.05) is 22.1 Å². The SMILES string of the molecule is O=C([O-])c1cc(-c2cn[nH]c2-c2ccccc2)nc2ccc3ccccc3c12. The van der Waals surface area contributed by atoms with Crippen LogP contribution in [0.2, 0.25) is 0 Å². The zero-order chi connectivity index (χ0) is 19.1. The quantitative estimate of drug-likeness (QED) is 0.494. The molecule has 0 amide bonds. The molecule has 0 unspecified atom stereocenters. The number of aromatic carboxylic acids is 1. The number of carboxylic acid groups (broad SMARTS) is 1. The van der Waals surface area contributed by atoms with Gasteiger partial charge in [-0.2, -0.15) is 5.10 Å². The lowest BCUT2D eigenvalue weighted by molar-refractivity contribution is -0.254.